The van der Waals surface area contributed by atoms with Gasteiger partial charge in [0, 0.05) is 37.2 Å². The Hall–Kier alpha value is -1.51. The maximum Gasteiger partial charge on any atom is 0.223 e. The van der Waals surface area contributed by atoms with Gasteiger partial charge in [-0.15, -0.1) is 0 Å². The van der Waals surface area contributed by atoms with Gasteiger partial charge in [-0.2, -0.15) is 0 Å². The molecule has 1 fully saturated rings. The van der Waals surface area contributed by atoms with E-state index in [0.717, 1.165) is 25.9 Å². The third-order valence-corrected chi connectivity index (χ3v) is 4.73. The van der Waals surface area contributed by atoms with Gasteiger partial charge < -0.3 is 10.2 Å². The van der Waals surface area contributed by atoms with Crippen LogP contribution >= 0.6 is 0 Å². The number of nitrogens with one attached hydrogen (secondary N) is 1. The second-order valence-electron chi connectivity index (χ2n) is 6.15. The molecule has 1 N–H and O–H groups in total. The van der Waals surface area contributed by atoms with Crippen molar-refractivity contribution in [1.29, 1.82) is 0 Å². The molecule has 20 heavy (non-hydrogen) atoms. The van der Waals surface area contributed by atoms with E-state index in [2.05, 4.69) is 35.3 Å². The Kier molecular flexibility index (Phi) is 3.95. The quantitative estimate of drug-likeness (QED) is 0.895. The molecule has 3 nitrogen and oxygen atoms in total. The van der Waals surface area contributed by atoms with Crippen molar-refractivity contribution in [3.8, 4) is 0 Å². The van der Waals surface area contributed by atoms with E-state index in [1.54, 1.807) is 0 Å². The van der Waals surface area contributed by atoms with Crippen molar-refractivity contribution in [3.63, 3.8) is 0 Å². The summed E-state index contributed by atoms with van der Waals surface area (Å²) in [4.78, 5) is 14.7. The maximum atomic E-state index is 12.6. The second-order valence-corrected chi connectivity index (χ2v) is 6.15. The lowest BCUT2D eigenvalue weighted by molar-refractivity contribution is -0.133. The van der Waals surface area contributed by atoms with Crippen molar-refractivity contribution in [2.24, 2.45) is 0 Å². The minimum absolute atomic E-state index is 0.336. The number of para-hydroxylation sites is 1. The van der Waals surface area contributed by atoms with E-state index in [0.29, 0.717) is 24.3 Å². The molecule has 2 atom stereocenters. The molecular formula is C17H24N2O. The summed E-state index contributed by atoms with van der Waals surface area (Å²) in [5, 5.41) is 3.41. The van der Waals surface area contributed by atoms with Crippen LogP contribution in [0.1, 0.15) is 50.5 Å². The molecular weight excluding hydrogens is 248 g/mol. The van der Waals surface area contributed by atoms with Crippen LogP contribution in [0.4, 0.5) is 5.69 Å². The van der Waals surface area contributed by atoms with Crippen LogP contribution in [0.2, 0.25) is 0 Å². The second kappa shape index (κ2) is 5.86. The third-order valence-electron chi connectivity index (χ3n) is 4.73. The van der Waals surface area contributed by atoms with Gasteiger partial charge in [-0.1, -0.05) is 31.0 Å². The molecule has 0 aliphatic carbocycles. The fourth-order valence-corrected chi connectivity index (χ4v) is 3.51. The topological polar surface area (TPSA) is 32.3 Å². The molecule has 1 amide bonds. The van der Waals surface area contributed by atoms with Gasteiger partial charge in [-0.3, -0.25) is 4.79 Å². The standard InChI is InChI=1S/C17H24N2O/c1-13-7-3-2-6-10-19(13)17(20)11-14-12-18-16-9-5-4-8-15(14)16/h4-5,8-9,13-14,18H,2-3,6-7,10-12H2,1H3. The molecule has 1 saturated heterocycles. The highest BCUT2D eigenvalue weighted by Gasteiger charge is 2.28. The first kappa shape index (κ1) is 13.5. The van der Waals surface area contributed by atoms with E-state index >= 15 is 0 Å². The zero-order chi connectivity index (χ0) is 13.9. The summed E-state index contributed by atoms with van der Waals surface area (Å²) in [7, 11) is 0. The third kappa shape index (κ3) is 2.67. The molecule has 3 heteroatoms. The lowest BCUT2D eigenvalue weighted by Crippen LogP contribution is -2.39. The number of carbonyl (C=O) groups is 1. The van der Waals surface area contributed by atoms with Crippen molar-refractivity contribution < 1.29 is 4.79 Å². The smallest absolute Gasteiger partial charge is 0.223 e. The first-order valence-electron chi connectivity index (χ1n) is 7.88. The molecule has 0 bridgehead atoms. The summed E-state index contributed by atoms with van der Waals surface area (Å²) in [5.74, 6) is 0.678. The molecule has 0 spiro atoms. The number of rotatable bonds is 2. The number of anilines is 1. The van der Waals surface area contributed by atoms with Crippen molar-refractivity contribution >= 4 is 11.6 Å². The SMILES string of the molecule is CC1CCCCCN1C(=O)CC1CNc2ccccc21. The van der Waals surface area contributed by atoms with E-state index in [4.69, 9.17) is 0 Å². The molecule has 3 rings (SSSR count). The fraction of sp³-hybridized carbons (Fsp3) is 0.588. The van der Waals surface area contributed by atoms with Crippen molar-refractivity contribution in [2.45, 2.75) is 51.0 Å². The lowest BCUT2D eigenvalue weighted by atomic mass is 9.97. The Bertz CT molecular complexity index is 486. The number of nitrogens with zero attached hydrogens (tertiary/aromatic N) is 1. The monoisotopic (exact) mass is 272 g/mol. The molecule has 108 valence electrons. The summed E-state index contributed by atoms with van der Waals surface area (Å²) in [5.41, 5.74) is 2.51. The summed E-state index contributed by atoms with van der Waals surface area (Å²) in [6, 6.07) is 8.78. The van der Waals surface area contributed by atoms with Gasteiger partial charge in [0.05, 0.1) is 0 Å². The highest BCUT2D eigenvalue weighted by molar-refractivity contribution is 5.78. The minimum atomic E-state index is 0.336. The van der Waals surface area contributed by atoms with Gasteiger partial charge in [-0.25, -0.2) is 0 Å². The Morgan fingerprint density at radius 2 is 2.15 bits per heavy atom. The van der Waals surface area contributed by atoms with Crippen LogP contribution < -0.4 is 5.32 Å². The number of benzene rings is 1. The molecule has 2 unspecified atom stereocenters. The molecule has 2 aliphatic heterocycles. The van der Waals surface area contributed by atoms with E-state index in [1.807, 2.05) is 6.07 Å². The zero-order valence-electron chi connectivity index (χ0n) is 12.3. The van der Waals surface area contributed by atoms with Gasteiger partial charge in [-0.05, 0) is 31.4 Å². The van der Waals surface area contributed by atoms with Crippen LogP contribution in [0.3, 0.4) is 0 Å². The molecule has 2 aliphatic rings. The first-order chi connectivity index (χ1) is 9.75. The largest absolute Gasteiger partial charge is 0.384 e. The average Bonchev–Trinajstić information content (AvgIpc) is 2.72. The number of hydrogen-bond acceptors (Lipinski definition) is 2. The highest BCUT2D eigenvalue weighted by atomic mass is 16.2. The molecule has 1 aromatic rings. The predicted molar refractivity (Wildman–Crippen MR) is 81.9 cm³/mol. The minimum Gasteiger partial charge on any atom is -0.384 e. The number of fused-ring (bicyclic) bond motifs is 1. The van der Waals surface area contributed by atoms with Gasteiger partial charge in [0.15, 0.2) is 0 Å². The van der Waals surface area contributed by atoms with Crippen LogP contribution in [0.25, 0.3) is 0 Å². The van der Waals surface area contributed by atoms with E-state index < -0.39 is 0 Å². The lowest BCUT2D eigenvalue weighted by Gasteiger charge is -2.28. The molecule has 0 saturated carbocycles. The summed E-state index contributed by atoms with van der Waals surface area (Å²) in [6.07, 6.45) is 5.50. The van der Waals surface area contributed by atoms with Crippen LogP contribution in [0.15, 0.2) is 24.3 Å². The Balaban J connectivity index is 1.67. The van der Waals surface area contributed by atoms with Crippen LogP contribution in [0.5, 0.6) is 0 Å². The van der Waals surface area contributed by atoms with Gasteiger partial charge in [0.1, 0.15) is 0 Å². The Labute approximate surface area is 121 Å². The predicted octanol–water partition coefficient (Wildman–Crippen LogP) is 3.38. The average molecular weight is 272 g/mol. The van der Waals surface area contributed by atoms with Crippen molar-refractivity contribution in [1.82, 2.24) is 4.90 Å². The van der Waals surface area contributed by atoms with Crippen LogP contribution in [-0.2, 0) is 4.79 Å². The maximum absolute atomic E-state index is 12.6. The molecule has 0 aromatic heterocycles. The van der Waals surface area contributed by atoms with E-state index in [9.17, 15) is 4.79 Å². The van der Waals surface area contributed by atoms with Crippen LogP contribution in [0, 0.1) is 0 Å². The summed E-state index contributed by atoms with van der Waals surface area (Å²) < 4.78 is 0. The fourth-order valence-electron chi connectivity index (χ4n) is 3.51. The van der Waals surface area contributed by atoms with Crippen LogP contribution in [-0.4, -0.2) is 29.9 Å². The van der Waals surface area contributed by atoms with Gasteiger partial charge in [0.25, 0.3) is 0 Å². The number of amides is 1. The Morgan fingerprint density at radius 1 is 1.30 bits per heavy atom. The summed E-state index contributed by atoms with van der Waals surface area (Å²) in [6.45, 7) is 4.04. The zero-order valence-corrected chi connectivity index (χ0v) is 12.3. The van der Waals surface area contributed by atoms with Crippen molar-refractivity contribution in [2.75, 3.05) is 18.4 Å². The number of hydrogen-bond donors (Lipinski definition) is 1. The van der Waals surface area contributed by atoms with E-state index in [1.165, 1.54) is 24.1 Å². The normalized spacial score (nSPS) is 25.8. The van der Waals surface area contributed by atoms with E-state index in [-0.39, 0.29) is 0 Å². The highest BCUT2D eigenvalue weighted by Crippen LogP contribution is 2.34. The number of likely N-dealkylation sites (tertiary alicyclic amines) is 1. The molecule has 0 radical (unpaired) electrons. The Morgan fingerprint density at radius 3 is 3.05 bits per heavy atom. The molecule has 2 heterocycles. The number of carbonyl (C=O) groups excluding carboxylic acids is 1. The first-order valence-corrected chi connectivity index (χ1v) is 7.88. The van der Waals surface area contributed by atoms with Gasteiger partial charge >= 0.3 is 0 Å². The molecule has 1 aromatic carbocycles. The van der Waals surface area contributed by atoms with Gasteiger partial charge in [0.2, 0.25) is 5.91 Å². The summed E-state index contributed by atoms with van der Waals surface area (Å²) >= 11 is 0. The van der Waals surface area contributed by atoms with Crippen molar-refractivity contribution in [3.05, 3.63) is 29.8 Å².